The van der Waals surface area contributed by atoms with E-state index in [1.807, 2.05) is 0 Å². The van der Waals surface area contributed by atoms with Gasteiger partial charge >= 0.3 is 0 Å². The quantitative estimate of drug-likeness (QED) is 0.623. The van der Waals surface area contributed by atoms with Crippen LogP contribution >= 0.6 is 0 Å². The van der Waals surface area contributed by atoms with Gasteiger partial charge in [-0.1, -0.05) is 0 Å². The van der Waals surface area contributed by atoms with E-state index in [4.69, 9.17) is 0 Å². The molecule has 0 saturated carbocycles. The minimum atomic E-state index is -0.183. The third-order valence-electron chi connectivity index (χ3n) is 2.75. The summed E-state index contributed by atoms with van der Waals surface area (Å²) in [4.78, 5) is 15.5. The molecule has 0 bridgehead atoms. The first-order valence-electron chi connectivity index (χ1n) is 5.08. The van der Waals surface area contributed by atoms with E-state index >= 15 is 0 Å². The molecule has 0 radical (unpaired) electrons. The molecule has 1 amide bonds. The molecule has 82 valence electrons. The highest BCUT2D eigenvalue weighted by atomic mass is 16.2. The number of carbonyl (C=O) groups excluding carboxylic acids is 1. The number of nitrogens with one attached hydrogen (secondary N) is 3. The zero-order valence-electron chi connectivity index (χ0n) is 8.71. The number of piperidine rings is 1. The monoisotopic (exact) mass is 209 g/mol. The molecule has 2 heterocycles. The van der Waals surface area contributed by atoms with Gasteiger partial charge in [0.05, 0.1) is 0 Å². The highest BCUT2D eigenvalue weighted by Gasteiger charge is 2.29. The van der Waals surface area contributed by atoms with E-state index in [1.54, 1.807) is 0 Å². The van der Waals surface area contributed by atoms with Gasteiger partial charge in [-0.2, -0.15) is 5.10 Å². The Hall–Kier alpha value is -1.43. The van der Waals surface area contributed by atoms with Crippen molar-refractivity contribution in [1.29, 1.82) is 0 Å². The number of rotatable bonds is 2. The molecule has 15 heavy (non-hydrogen) atoms. The van der Waals surface area contributed by atoms with E-state index < -0.39 is 0 Å². The molecular formula is C9H15N5O. The highest BCUT2D eigenvalue weighted by Crippen LogP contribution is 2.17. The van der Waals surface area contributed by atoms with Crippen LogP contribution in [0.3, 0.4) is 0 Å². The first kappa shape index (κ1) is 10.1. The summed E-state index contributed by atoms with van der Waals surface area (Å²) >= 11 is 0. The van der Waals surface area contributed by atoms with Gasteiger partial charge in [-0.25, -0.2) is 4.98 Å². The fourth-order valence-corrected chi connectivity index (χ4v) is 1.75. The summed E-state index contributed by atoms with van der Waals surface area (Å²) in [6.45, 7) is 3.93. The van der Waals surface area contributed by atoms with Crippen molar-refractivity contribution in [3.63, 3.8) is 0 Å². The average molecular weight is 209 g/mol. The lowest BCUT2D eigenvalue weighted by molar-refractivity contribution is 0.0877. The molecule has 3 N–H and O–H groups in total. The van der Waals surface area contributed by atoms with Crippen LogP contribution in [0.15, 0.2) is 6.33 Å². The molecule has 1 aromatic rings. The molecule has 1 aliphatic rings. The largest absolute Gasteiger partial charge is 0.344 e. The number of H-pyrrole nitrogens is 1. The predicted octanol–water partition coefficient (Wildman–Crippen LogP) is -0.323. The normalized spacial score (nSPS) is 19.8. The second kappa shape index (κ2) is 3.98. The fourth-order valence-electron chi connectivity index (χ4n) is 1.75. The molecule has 0 aliphatic carbocycles. The minimum absolute atomic E-state index is 0.130. The minimum Gasteiger partial charge on any atom is -0.344 e. The number of nitrogens with zero attached hydrogens (tertiary/aromatic N) is 2. The van der Waals surface area contributed by atoms with Crippen molar-refractivity contribution in [2.45, 2.75) is 25.3 Å². The molecule has 0 aromatic carbocycles. The Labute approximate surface area is 87.9 Å². The molecule has 2 rings (SSSR count). The van der Waals surface area contributed by atoms with Crippen LogP contribution < -0.4 is 10.6 Å². The maximum absolute atomic E-state index is 11.7. The summed E-state index contributed by atoms with van der Waals surface area (Å²) in [7, 11) is 0. The summed E-state index contributed by atoms with van der Waals surface area (Å²) < 4.78 is 0. The van der Waals surface area contributed by atoms with Crippen LogP contribution in [0.25, 0.3) is 0 Å². The van der Waals surface area contributed by atoms with E-state index in [-0.39, 0.29) is 17.3 Å². The van der Waals surface area contributed by atoms with Gasteiger partial charge in [0.2, 0.25) is 5.82 Å². The van der Waals surface area contributed by atoms with Crippen molar-refractivity contribution in [2.24, 2.45) is 0 Å². The van der Waals surface area contributed by atoms with E-state index in [1.165, 1.54) is 6.33 Å². The van der Waals surface area contributed by atoms with E-state index in [0.29, 0.717) is 0 Å². The van der Waals surface area contributed by atoms with Crippen LogP contribution in [0.1, 0.15) is 30.4 Å². The summed E-state index contributed by atoms with van der Waals surface area (Å²) in [6.07, 6.45) is 3.21. The standard InChI is InChI=1S/C9H15N5O/c1-9(2-4-10-5-3-9)13-8(15)7-11-6-12-14-7/h6,10H,2-5H2,1H3,(H,13,15)(H,11,12,14). The maximum atomic E-state index is 11.7. The Bertz CT molecular complexity index is 328. The summed E-state index contributed by atoms with van der Waals surface area (Å²) in [5.74, 6) is 0.0895. The van der Waals surface area contributed by atoms with Crippen molar-refractivity contribution in [2.75, 3.05) is 13.1 Å². The van der Waals surface area contributed by atoms with Gasteiger partial charge in [-0.3, -0.25) is 9.89 Å². The van der Waals surface area contributed by atoms with Crippen LogP contribution in [0.5, 0.6) is 0 Å². The van der Waals surface area contributed by atoms with Crippen LogP contribution in [0.2, 0.25) is 0 Å². The molecular weight excluding hydrogens is 194 g/mol. The Balaban J connectivity index is 1.98. The van der Waals surface area contributed by atoms with Gasteiger partial charge in [-0.15, -0.1) is 0 Å². The summed E-state index contributed by atoms with van der Waals surface area (Å²) in [5, 5.41) is 12.5. The molecule has 1 aromatic heterocycles. The van der Waals surface area contributed by atoms with E-state index in [9.17, 15) is 4.79 Å². The highest BCUT2D eigenvalue weighted by molar-refractivity contribution is 5.90. The summed E-state index contributed by atoms with van der Waals surface area (Å²) in [6, 6.07) is 0. The third kappa shape index (κ3) is 2.33. The first-order chi connectivity index (χ1) is 7.20. The van der Waals surface area contributed by atoms with Crippen LogP contribution in [-0.2, 0) is 0 Å². The Morgan fingerprint density at radius 1 is 1.53 bits per heavy atom. The van der Waals surface area contributed by atoms with Crippen molar-refractivity contribution in [1.82, 2.24) is 25.8 Å². The zero-order valence-corrected chi connectivity index (χ0v) is 8.71. The fraction of sp³-hybridized carbons (Fsp3) is 0.667. The van der Waals surface area contributed by atoms with Crippen LogP contribution in [0, 0.1) is 0 Å². The molecule has 0 spiro atoms. The third-order valence-corrected chi connectivity index (χ3v) is 2.75. The smallest absolute Gasteiger partial charge is 0.289 e. The van der Waals surface area contributed by atoms with Gasteiger partial charge in [0.15, 0.2) is 0 Å². The Kier molecular flexibility index (Phi) is 2.68. The number of aromatic nitrogens is 3. The van der Waals surface area contributed by atoms with Crippen LogP contribution in [-0.4, -0.2) is 39.7 Å². The van der Waals surface area contributed by atoms with Crippen molar-refractivity contribution in [3.05, 3.63) is 12.2 Å². The number of amides is 1. The summed E-state index contributed by atoms with van der Waals surface area (Å²) in [5.41, 5.74) is -0.130. The molecule has 1 fully saturated rings. The zero-order chi connectivity index (χ0) is 10.7. The molecule has 0 unspecified atom stereocenters. The first-order valence-corrected chi connectivity index (χ1v) is 5.08. The molecule has 6 nitrogen and oxygen atoms in total. The second-order valence-electron chi connectivity index (χ2n) is 4.10. The van der Waals surface area contributed by atoms with Gasteiger partial charge in [-0.05, 0) is 32.9 Å². The van der Waals surface area contributed by atoms with E-state index in [0.717, 1.165) is 25.9 Å². The lowest BCUT2D eigenvalue weighted by Gasteiger charge is -2.34. The van der Waals surface area contributed by atoms with E-state index in [2.05, 4.69) is 32.7 Å². The molecule has 6 heteroatoms. The number of hydrogen-bond acceptors (Lipinski definition) is 4. The average Bonchev–Trinajstić information content (AvgIpc) is 2.70. The SMILES string of the molecule is CC1(NC(=O)c2ncn[nH]2)CCNCC1. The molecule has 0 atom stereocenters. The van der Waals surface area contributed by atoms with Crippen molar-refractivity contribution >= 4 is 5.91 Å². The maximum Gasteiger partial charge on any atom is 0.289 e. The number of aromatic amines is 1. The van der Waals surface area contributed by atoms with Crippen LogP contribution in [0.4, 0.5) is 0 Å². The Morgan fingerprint density at radius 3 is 2.87 bits per heavy atom. The van der Waals surface area contributed by atoms with Gasteiger partial charge < -0.3 is 10.6 Å². The van der Waals surface area contributed by atoms with Gasteiger partial charge in [0.1, 0.15) is 6.33 Å². The predicted molar refractivity (Wildman–Crippen MR) is 54.4 cm³/mol. The van der Waals surface area contributed by atoms with Gasteiger partial charge in [0.25, 0.3) is 5.91 Å². The lowest BCUT2D eigenvalue weighted by Crippen LogP contribution is -2.52. The second-order valence-corrected chi connectivity index (χ2v) is 4.10. The number of carbonyl (C=O) groups is 1. The molecule has 1 saturated heterocycles. The molecule has 1 aliphatic heterocycles. The van der Waals surface area contributed by atoms with Gasteiger partial charge in [0, 0.05) is 5.54 Å². The Morgan fingerprint density at radius 2 is 2.27 bits per heavy atom. The number of hydrogen-bond donors (Lipinski definition) is 3. The van der Waals surface area contributed by atoms with Crippen molar-refractivity contribution in [3.8, 4) is 0 Å². The topological polar surface area (TPSA) is 82.7 Å². The van der Waals surface area contributed by atoms with Crippen molar-refractivity contribution < 1.29 is 4.79 Å². The lowest BCUT2D eigenvalue weighted by atomic mass is 9.90.